The van der Waals surface area contributed by atoms with Crippen LogP contribution in [-0.2, 0) is 11.3 Å². The van der Waals surface area contributed by atoms with Crippen molar-refractivity contribution >= 4 is 11.8 Å². The number of carbonyl (C=O) groups excluding carboxylic acids is 2. The van der Waals surface area contributed by atoms with Gasteiger partial charge in [-0.1, -0.05) is 49.6 Å². The number of aromatic nitrogens is 2. The van der Waals surface area contributed by atoms with Crippen molar-refractivity contribution in [1.82, 2.24) is 14.7 Å². The smallest absolute Gasteiger partial charge is 0.257 e. The summed E-state index contributed by atoms with van der Waals surface area (Å²) in [5.41, 5.74) is 6.87. The van der Waals surface area contributed by atoms with Gasteiger partial charge in [0.15, 0.2) is 0 Å². The number of carbonyl (C=O) groups is 2. The zero-order valence-electron chi connectivity index (χ0n) is 15.0. The van der Waals surface area contributed by atoms with E-state index >= 15 is 0 Å². The van der Waals surface area contributed by atoms with E-state index in [-0.39, 0.29) is 12.3 Å². The standard InChI is InChI=1S/C20H26N4O2/c21-19(25)11-12-23(14-16-7-3-1-4-8-16)20(26)17-13-22-24(15-17)18-9-5-2-6-10-18/h1,3-4,7-8,13,15,18H,2,5-6,9-12,14H2,(H2,21,25). The number of hydrogen-bond donors (Lipinski definition) is 1. The number of nitrogens with two attached hydrogens (primary N) is 1. The highest BCUT2D eigenvalue weighted by Gasteiger charge is 2.21. The van der Waals surface area contributed by atoms with Crippen LogP contribution in [0, 0.1) is 0 Å². The summed E-state index contributed by atoms with van der Waals surface area (Å²) in [4.78, 5) is 25.8. The summed E-state index contributed by atoms with van der Waals surface area (Å²) < 4.78 is 1.93. The number of hydrogen-bond acceptors (Lipinski definition) is 3. The van der Waals surface area contributed by atoms with Gasteiger partial charge >= 0.3 is 0 Å². The van der Waals surface area contributed by atoms with Crippen LogP contribution in [0.25, 0.3) is 0 Å². The third kappa shape index (κ3) is 4.71. The van der Waals surface area contributed by atoms with Gasteiger partial charge in [-0.3, -0.25) is 14.3 Å². The molecule has 26 heavy (non-hydrogen) atoms. The van der Waals surface area contributed by atoms with E-state index in [9.17, 15) is 9.59 Å². The molecule has 1 saturated carbocycles. The minimum Gasteiger partial charge on any atom is -0.370 e. The van der Waals surface area contributed by atoms with Gasteiger partial charge in [-0.2, -0.15) is 5.10 Å². The molecule has 6 heteroatoms. The van der Waals surface area contributed by atoms with Gasteiger partial charge in [-0.05, 0) is 18.4 Å². The molecule has 1 aromatic carbocycles. The highest BCUT2D eigenvalue weighted by Crippen LogP contribution is 2.27. The molecule has 1 aromatic heterocycles. The summed E-state index contributed by atoms with van der Waals surface area (Å²) in [5.74, 6) is -0.522. The molecule has 1 aliphatic carbocycles. The number of amides is 2. The molecule has 1 fully saturated rings. The second-order valence-electron chi connectivity index (χ2n) is 6.93. The van der Waals surface area contributed by atoms with Crippen LogP contribution in [0.15, 0.2) is 42.7 Å². The van der Waals surface area contributed by atoms with E-state index in [2.05, 4.69) is 5.10 Å². The first-order valence-electron chi connectivity index (χ1n) is 9.29. The van der Waals surface area contributed by atoms with Gasteiger partial charge < -0.3 is 10.6 Å². The van der Waals surface area contributed by atoms with Crippen molar-refractivity contribution in [3.05, 3.63) is 53.9 Å². The fraction of sp³-hybridized carbons (Fsp3) is 0.450. The largest absolute Gasteiger partial charge is 0.370 e. The van der Waals surface area contributed by atoms with E-state index in [0.29, 0.717) is 24.7 Å². The molecule has 0 spiro atoms. The van der Waals surface area contributed by atoms with Crippen LogP contribution in [0.2, 0.25) is 0 Å². The molecular formula is C20H26N4O2. The third-order valence-corrected chi connectivity index (χ3v) is 4.93. The van der Waals surface area contributed by atoms with Gasteiger partial charge in [0.2, 0.25) is 5.91 Å². The van der Waals surface area contributed by atoms with E-state index < -0.39 is 5.91 Å². The minimum atomic E-state index is -0.409. The Kier molecular flexibility index (Phi) is 6.04. The molecule has 138 valence electrons. The SMILES string of the molecule is NC(=O)CCN(Cc1ccccc1)C(=O)c1cnn(C2CCCCC2)c1. The lowest BCUT2D eigenvalue weighted by Crippen LogP contribution is -2.33. The molecule has 0 atom stereocenters. The predicted molar refractivity (Wildman–Crippen MR) is 99.3 cm³/mol. The zero-order valence-corrected chi connectivity index (χ0v) is 15.0. The van der Waals surface area contributed by atoms with E-state index in [1.165, 1.54) is 19.3 Å². The summed E-state index contributed by atoms with van der Waals surface area (Å²) in [6.45, 7) is 0.749. The van der Waals surface area contributed by atoms with E-state index in [0.717, 1.165) is 18.4 Å². The average molecular weight is 354 g/mol. The number of primary amides is 1. The first kappa shape index (κ1) is 18.2. The maximum atomic E-state index is 13.0. The van der Waals surface area contributed by atoms with Crippen LogP contribution in [0.1, 0.15) is 60.5 Å². The normalized spacial score (nSPS) is 14.9. The monoisotopic (exact) mass is 354 g/mol. The van der Waals surface area contributed by atoms with Gasteiger partial charge in [0, 0.05) is 25.7 Å². The fourth-order valence-electron chi connectivity index (χ4n) is 3.48. The Bertz CT molecular complexity index is 735. The van der Waals surface area contributed by atoms with Gasteiger partial charge in [0.05, 0.1) is 17.8 Å². The van der Waals surface area contributed by atoms with Crippen LogP contribution in [0.4, 0.5) is 0 Å². The summed E-state index contributed by atoms with van der Waals surface area (Å²) >= 11 is 0. The van der Waals surface area contributed by atoms with Crippen molar-refractivity contribution in [2.75, 3.05) is 6.54 Å². The van der Waals surface area contributed by atoms with Gasteiger partial charge in [0.25, 0.3) is 5.91 Å². The molecule has 0 unspecified atom stereocenters. The van der Waals surface area contributed by atoms with Crippen LogP contribution >= 0.6 is 0 Å². The van der Waals surface area contributed by atoms with Crippen molar-refractivity contribution in [2.45, 2.75) is 51.1 Å². The quantitative estimate of drug-likeness (QED) is 0.830. The Balaban J connectivity index is 1.73. The second kappa shape index (κ2) is 8.65. The molecule has 0 radical (unpaired) electrons. The van der Waals surface area contributed by atoms with Gasteiger partial charge in [-0.25, -0.2) is 0 Å². The predicted octanol–water partition coefficient (Wildman–Crippen LogP) is 2.91. The summed E-state index contributed by atoms with van der Waals surface area (Å²) in [6.07, 6.45) is 9.57. The molecule has 6 nitrogen and oxygen atoms in total. The third-order valence-electron chi connectivity index (χ3n) is 4.93. The molecule has 2 N–H and O–H groups in total. The first-order chi connectivity index (χ1) is 12.6. The van der Waals surface area contributed by atoms with Crippen molar-refractivity contribution in [3.8, 4) is 0 Å². The summed E-state index contributed by atoms with van der Waals surface area (Å²) in [7, 11) is 0. The fourth-order valence-corrected chi connectivity index (χ4v) is 3.48. The molecule has 1 aliphatic rings. The molecular weight excluding hydrogens is 328 g/mol. The molecule has 2 aromatic rings. The van der Waals surface area contributed by atoms with E-state index in [1.807, 2.05) is 41.2 Å². The molecule has 0 aliphatic heterocycles. The lowest BCUT2D eigenvalue weighted by molar-refractivity contribution is -0.118. The average Bonchev–Trinajstić information content (AvgIpc) is 3.16. The van der Waals surface area contributed by atoms with Crippen molar-refractivity contribution < 1.29 is 9.59 Å². The van der Waals surface area contributed by atoms with Crippen LogP contribution < -0.4 is 5.73 Å². The van der Waals surface area contributed by atoms with Crippen LogP contribution in [0.5, 0.6) is 0 Å². The van der Waals surface area contributed by atoms with Crippen molar-refractivity contribution in [2.24, 2.45) is 5.73 Å². The molecule has 1 heterocycles. The molecule has 3 rings (SSSR count). The maximum Gasteiger partial charge on any atom is 0.257 e. The van der Waals surface area contributed by atoms with Crippen LogP contribution in [0.3, 0.4) is 0 Å². The molecule has 0 saturated heterocycles. The zero-order chi connectivity index (χ0) is 18.4. The summed E-state index contributed by atoms with van der Waals surface area (Å²) in [5, 5.41) is 4.42. The highest BCUT2D eigenvalue weighted by molar-refractivity contribution is 5.94. The van der Waals surface area contributed by atoms with Crippen molar-refractivity contribution in [1.29, 1.82) is 0 Å². The number of benzene rings is 1. The van der Waals surface area contributed by atoms with Crippen LogP contribution in [-0.4, -0.2) is 33.0 Å². The summed E-state index contributed by atoms with van der Waals surface area (Å²) in [6, 6.07) is 10.1. The van der Waals surface area contributed by atoms with Gasteiger partial charge in [-0.15, -0.1) is 0 Å². The number of nitrogens with zero attached hydrogens (tertiary/aromatic N) is 3. The second-order valence-corrected chi connectivity index (χ2v) is 6.93. The highest BCUT2D eigenvalue weighted by atomic mass is 16.2. The lowest BCUT2D eigenvalue weighted by Gasteiger charge is -2.23. The Labute approximate surface area is 154 Å². The first-order valence-corrected chi connectivity index (χ1v) is 9.29. The Morgan fingerprint density at radius 1 is 1.15 bits per heavy atom. The maximum absolute atomic E-state index is 13.0. The molecule has 0 bridgehead atoms. The number of rotatable bonds is 7. The topological polar surface area (TPSA) is 81.2 Å². The van der Waals surface area contributed by atoms with Crippen molar-refractivity contribution in [3.63, 3.8) is 0 Å². The van der Waals surface area contributed by atoms with E-state index in [1.54, 1.807) is 11.1 Å². The Morgan fingerprint density at radius 3 is 2.58 bits per heavy atom. The Morgan fingerprint density at radius 2 is 1.88 bits per heavy atom. The van der Waals surface area contributed by atoms with E-state index in [4.69, 9.17) is 5.73 Å². The minimum absolute atomic E-state index is 0.114. The van der Waals surface area contributed by atoms with Gasteiger partial charge in [0.1, 0.15) is 0 Å². The lowest BCUT2D eigenvalue weighted by atomic mass is 9.96. The Hall–Kier alpha value is -2.63. The molecule has 2 amide bonds.